The summed E-state index contributed by atoms with van der Waals surface area (Å²) in [4.78, 5) is 0.536. The Hall–Kier alpha value is -0.870. The van der Waals surface area contributed by atoms with E-state index in [0.29, 0.717) is 29.8 Å². The molecule has 0 radical (unpaired) electrons. The number of hydrogen-bond acceptors (Lipinski definition) is 2. The Kier molecular flexibility index (Phi) is 4.74. The highest BCUT2D eigenvalue weighted by molar-refractivity contribution is 7.89. The van der Waals surface area contributed by atoms with Gasteiger partial charge in [0.1, 0.15) is 0 Å². The van der Waals surface area contributed by atoms with Gasteiger partial charge in [-0.05, 0) is 80.7 Å². The highest BCUT2D eigenvalue weighted by Gasteiger charge is 2.34. The fourth-order valence-corrected chi connectivity index (χ4v) is 6.02. The molecule has 0 aromatic heterocycles. The van der Waals surface area contributed by atoms with Gasteiger partial charge in [0.05, 0.1) is 4.90 Å². The molecule has 3 nitrogen and oxygen atoms in total. The van der Waals surface area contributed by atoms with Crippen LogP contribution in [-0.4, -0.2) is 25.8 Å². The second-order valence-electron chi connectivity index (χ2n) is 7.22. The molecule has 0 N–H and O–H groups in total. The Balaban J connectivity index is 2.60. The van der Waals surface area contributed by atoms with Crippen LogP contribution in [0.1, 0.15) is 48.1 Å². The minimum atomic E-state index is -3.42. The minimum absolute atomic E-state index is 0.423. The second kappa shape index (κ2) is 5.97. The highest BCUT2D eigenvalue weighted by atomic mass is 32.2. The number of sulfonamides is 1. The van der Waals surface area contributed by atoms with E-state index in [1.165, 1.54) is 5.56 Å². The number of piperidine rings is 1. The van der Waals surface area contributed by atoms with Gasteiger partial charge >= 0.3 is 0 Å². The fourth-order valence-electron chi connectivity index (χ4n) is 3.78. The van der Waals surface area contributed by atoms with E-state index in [2.05, 4.69) is 20.8 Å². The van der Waals surface area contributed by atoms with Crippen molar-refractivity contribution < 1.29 is 8.42 Å². The molecule has 1 heterocycles. The fraction of sp³-hybridized carbons (Fsp3) is 0.667. The standard InChI is InChI=1S/C18H29NO2S/c1-11-8-12(2)10-19(9-11)22(20,21)18-16(6)14(4)13(3)15(5)17(18)7/h11-12H,8-10H2,1-7H3. The van der Waals surface area contributed by atoms with E-state index in [1.54, 1.807) is 4.31 Å². The zero-order valence-electron chi connectivity index (χ0n) is 14.9. The van der Waals surface area contributed by atoms with Crippen LogP contribution in [0.15, 0.2) is 4.90 Å². The van der Waals surface area contributed by atoms with Crippen molar-refractivity contribution in [1.82, 2.24) is 4.31 Å². The van der Waals surface area contributed by atoms with E-state index in [0.717, 1.165) is 28.7 Å². The Bertz CT molecular complexity index is 653. The molecule has 0 saturated carbocycles. The maximum absolute atomic E-state index is 13.3. The van der Waals surface area contributed by atoms with Gasteiger partial charge < -0.3 is 0 Å². The molecule has 2 rings (SSSR count). The normalized spacial score (nSPS) is 23.8. The molecule has 22 heavy (non-hydrogen) atoms. The van der Waals surface area contributed by atoms with E-state index in [4.69, 9.17) is 0 Å². The number of nitrogens with zero attached hydrogens (tertiary/aromatic N) is 1. The van der Waals surface area contributed by atoms with Crippen LogP contribution in [-0.2, 0) is 10.0 Å². The van der Waals surface area contributed by atoms with Crippen molar-refractivity contribution in [1.29, 1.82) is 0 Å². The summed E-state index contributed by atoms with van der Waals surface area (Å²) in [5.74, 6) is 0.846. The minimum Gasteiger partial charge on any atom is -0.207 e. The summed E-state index contributed by atoms with van der Waals surface area (Å²) in [5.41, 5.74) is 5.21. The van der Waals surface area contributed by atoms with Gasteiger partial charge in [0.2, 0.25) is 10.0 Å². The van der Waals surface area contributed by atoms with E-state index < -0.39 is 10.0 Å². The molecule has 4 heteroatoms. The lowest BCUT2D eigenvalue weighted by Crippen LogP contribution is -2.43. The zero-order chi connectivity index (χ0) is 16.8. The Morgan fingerprint density at radius 1 is 0.773 bits per heavy atom. The van der Waals surface area contributed by atoms with Crippen LogP contribution in [0.4, 0.5) is 0 Å². The van der Waals surface area contributed by atoms with Crippen molar-refractivity contribution in [2.45, 2.75) is 59.8 Å². The van der Waals surface area contributed by atoms with E-state index in [1.807, 2.05) is 27.7 Å². The Morgan fingerprint density at radius 2 is 1.14 bits per heavy atom. The quantitative estimate of drug-likeness (QED) is 0.828. The monoisotopic (exact) mass is 323 g/mol. The molecule has 124 valence electrons. The van der Waals surface area contributed by atoms with Crippen LogP contribution >= 0.6 is 0 Å². The lowest BCUT2D eigenvalue weighted by molar-refractivity contribution is 0.222. The SMILES string of the molecule is Cc1c(C)c(C)c(S(=O)(=O)N2CC(C)CC(C)C2)c(C)c1C. The summed E-state index contributed by atoms with van der Waals surface area (Å²) < 4.78 is 28.2. The Labute approximate surface area is 135 Å². The summed E-state index contributed by atoms with van der Waals surface area (Å²) in [7, 11) is -3.42. The molecule has 1 saturated heterocycles. The van der Waals surface area contributed by atoms with Crippen molar-refractivity contribution in [3.05, 3.63) is 27.8 Å². The summed E-state index contributed by atoms with van der Waals surface area (Å²) in [6, 6.07) is 0. The highest BCUT2D eigenvalue weighted by Crippen LogP contribution is 2.34. The smallest absolute Gasteiger partial charge is 0.207 e. The molecule has 0 spiro atoms. The number of rotatable bonds is 2. The van der Waals surface area contributed by atoms with Crippen molar-refractivity contribution in [3.8, 4) is 0 Å². The van der Waals surface area contributed by atoms with Crippen molar-refractivity contribution in [2.24, 2.45) is 11.8 Å². The predicted octanol–water partition coefficient (Wildman–Crippen LogP) is 3.90. The first kappa shape index (κ1) is 17.5. The first-order chi connectivity index (χ1) is 10.1. The molecule has 1 aliphatic rings. The maximum Gasteiger partial charge on any atom is 0.243 e. The summed E-state index contributed by atoms with van der Waals surface area (Å²) in [6.45, 7) is 15.6. The van der Waals surface area contributed by atoms with Crippen molar-refractivity contribution in [2.75, 3.05) is 13.1 Å². The van der Waals surface area contributed by atoms with E-state index >= 15 is 0 Å². The largest absolute Gasteiger partial charge is 0.243 e. The molecule has 1 fully saturated rings. The molecule has 1 aliphatic heterocycles. The van der Waals surface area contributed by atoms with Crippen LogP contribution in [0.5, 0.6) is 0 Å². The average Bonchev–Trinajstić information content (AvgIpc) is 2.42. The van der Waals surface area contributed by atoms with Gasteiger partial charge in [-0.2, -0.15) is 4.31 Å². The van der Waals surface area contributed by atoms with Crippen LogP contribution < -0.4 is 0 Å². The molecule has 0 amide bonds. The lowest BCUT2D eigenvalue weighted by Gasteiger charge is -2.35. The molecule has 2 unspecified atom stereocenters. The molecule has 0 aliphatic carbocycles. The topological polar surface area (TPSA) is 37.4 Å². The molecular formula is C18H29NO2S. The van der Waals surface area contributed by atoms with Crippen molar-refractivity contribution in [3.63, 3.8) is 0 Å². The van der Waals surface area contributed by atoms with Gasteiger partial charge in [-0.15, -0.1) is 0 Å². The second-order valence-corrected chi connectivity index (χ2v) is 9.10. The molecule has 1 aromatic rings. The van der Waals surface area contributed by atoms with Gasteiger partial charge in [-0.25, -0.2) is 8.42 Å². The van der Waals surface area contributed by atoms with Gasteiger partial charge in [0, 0.05) is 13.1 Å². The van der Waals surface area contributed by atoms with E-state index in [9.17, 15) is 8.42 Å². The van der Waals surface area contributed by atoms with Gasteiger partial charge in [-0.1, -0.05) is 13.8 Å². The van der Waals surface area contributed by atoms with Crippen molar-refractivity contribution >= 4 is 10.0 Å². The maximum atomic E-state index is 13.3. The number of hydrogen-bond donors (Lipinski definition) is 0. The summed E-state index contributed by atoms with van der Waals surface area (Å²) >= 11 is 0. The van der Waals surface area contributed by atoms with Crippen LogP contribution in [0.3, 0.4) is 0 Å². The van der Waals surface area contributed by atoms with Crippen LogP contribution in [0, 0.1) is 46.5 Å². The summed E-state index contributed by atoms with van der Waals surface area (Å²) in [6.07, 6.45) is 1.11. The summed E-state index contributed by atoms with van der Waals surface area (Å²) in [5, 5.41) is 0. The van der Waals surface area contributed by atoms with Gasteiger partial charge in [-0.3, -0.25) is 0 Å². The predicted molar refractivity (Wildman–Crippen MR) is 91.8 cm³/mol. The third-order valence-corrected chi connectivity index (χ3v) is 7.47. The van der Waals surface area contributed by atoms with Gasteiger partial charge in [0.25, 0.3) is 0 Å². The first-order valence-electron chi connectivity index (χ1n) is 8.14. The Morgan fingerprint density at radius 3 is 1.55 bits per heavy atom. The molecule has 1 aromatic carbocycles. The van der Waals surface area contributed by atoms with Crippen LogP contribution in [0.25, 0.3) is 0 Å². The third kappa shape index (κ3) is 2.83. The average molecular weight is 324 g/mol. The molecule has 0 bridgehead atoms. The molecule has 2 atom stereocenters. The lowest BCUT2D eigenvalue weighted by atomic mass is 9.93. The molecular weight excluding hydrogens is 294 g/mol. The zero-order valence-corrected chi connectivity index (χ0v) is 15.8. The first-order valence-corrected chi connectivity index (χ1v) is 9.58. The van der Waals surface area contributed by atoms with Crippen LogP contribution in [0.2, 0.25) is 0 Å². The van der Waals surface area contributed by atoms with Gasteiger partial charge in [0.15, 0.2) is 0 Å². The number of benzene rings is 1. The van der Waals surface area contributed by atoms with E-state index in [-0.39, 0.29) is 0 Å². The third-order valence-electron chi connectivity index (χ3n) is 5.36.